The Morgan fingerprint density at radius 3 is 2.80 bits per heavy atom. The van der Waals surface area contributed by atoms with Crippen LogP contribution in [0.4, 0.5) is 0 Å². The normalized spacial score (nSPS) is 11.2. The molecule has 0 saturated carbocycles. The van der Waals surface area contributed by atoms with Gasteiger partial charge >= 0.3 is 0 Å². The summed E-state index contributed by atoms with van der Waals surface area (Å²) < 4.78 is 12.2. The van der Waals surface area contributed by atoms with Gasteiger partial charge in [0.05, 0.1) is 24.4 Å². The van der Waals surface area contributed by atoms with Crippen LogP contribution >= 0.6 is 0 Å². The van der Waals surface area contributed by atoms with Crippen LogP contribution in [-0.2, 0) is 0 Å². The molecule has 3 heterocycles. The Labute approximate surface area is 142 Å². The molecule has 8 heteroatoms. The first-order valence-electron chi connectivity index (χ1n) is 7.61. The van der Waals surface area contributed by atoms with Crippen molar-refractivity contribution in [1.29, 1.82) is 0 Å². The van der Waals surface area contributed by atoms with Crippen LogP contribution in [0.15, 0.2) is 35.0 Å². The van der Waals surface area contributed by atoms with Crippen LogP contribution in [-0.4, -0.2) is 37.0 Å². The Balaban J connectivity index is 1.83. The maximum Gasteiger partial charge on any atom is 0.262 e. The predicted molar refractivity (Wildman–Crippen MR) is 89.4 cm³/mol. The number of aromatic hydroxyl groups is 1. The lowest BCUT2D eigenvalue weighted by Gasteiger charge is -2.04. The van der Waals surface area contributed by atoms with Crippen LogP contribution < -0.4 is 4.74 Å². The van der Waals surface area contributed by atoms with Crippen LogP contribution in [0.25, 0.3) is 28.5 Å². The minimum Gasteiger partial charge on any atom is -0.504 e. The second kappa shape index (κ2) is 5.59. The maximum absolute atomic E-state index is 10.2. The van der Waals surface area contributed by atoms with E-state index in [-0.39, 0.29) is 11.6 Å². The SMILES string of the molecule is COc1cccc(-c2nc(-c3cnn4c(C)cc(C)nc34)no2)c1O. The Kier molecular flexibility index (Phi) is 3.38. The molecule has 0 amide bonds. The molecular weight excluding hydrogens is 322 g/mol. The summed E-state index contributed by atoms with van der Waals surface area (Å²) in [6.45, 7) is 3.87. The van der Waals surface area contributed by atoms with Crippen molar-refractivity contribution in [3.05, 3.63) is 41.9 Å². The molecule has 0 aliphatic rings. The quantitative estimate of drug-likeness (QED) is 0.613. The van der Waals surface area contributed by atoms with Gasteiger partial charge in [-0.3, -0.25) is 0 Å². The van der Waals surface area contributed by atoms with Crippen molar-refractivity contribution in [2.75, 3.05) is 7.11 Å². The largest absolute Gasteiger partial charge is 0.504 e. The average molecular weight is 337 g/mol. The third kappa shape index (κ3) is 2.38. The first-order valence-corrected chi connectivity index (χ1v) is 7.61. The van der Waals surface area contributed by atoms with Gasteiger partial charge in [0.2, 0.25) is 5.82 Å². The van der Waals surface area contributed by atoms with E-state index < -0.39 is 0 Å². The van der Waals surface area contributed by atoms with E-state index in [0.29, 0.717) is 28.3 Å². The summed E-state index contributed by atoms with van der Waals surface area (Å²) >= 11 is 0. The lowest BCUT2D eigenvalue weighted by atomic mass is 10.2. The summed E-state index contributed by atoms with van der Waals surface area (Å²) in [6, 6.07) is 7.01. The smallest absolute Gasteiger partial charge is 0.262 e. The number of hydrogen-bond acceptors (Lipinski definition) is 7. The Bertz CT molecular complexity index is 1080. The van der Waals surface area contributed by atoms with Crippen molar-refractivity contribution in [3.63, 3.8) is 0 Å². The van der Waals surface area contributed by atoms with Gasteiger partial charge in [-0.05, 0) is 32.0 Å². The highest BCUT2D eigenvalue weighted by Crippen LogP contribution is 2.36. The summed E-state index contributed by atoms with van der Waals surface area (Å²) in [5, 5.41) is 18.6. The summed E-state index contributed by atoms with van der Waals surface area (Å²) in [7, 11) is 1.48. The summed E-state index contributed by atoms with van der Waals surface area (Å²) in [5.74, 6) is 0.825. The van der Waals surface area contributed by atoms with Crippen LogP contribution in [0.1, 0.15) is 11.4 Å². The Morgan fingerprint density at radius 2 is 2.00 bits per heavy atom. The number of nitrogens with zero attached hydrogens (tertiary/aromatic N) is 5. The van der Waals surface area contributed by atoms with Gasteiger partial charge in [0, 0.05) is 11.4 Å². The third-order valence-electron chi connectivity index (χ3n) is 3.89. The van der Waals surface area contributed by atoms with Gasteiger partial charge in [-0.25, -0.2) is 9.50 Å². The number of benzene rings is 1. The van der Waals surface area contributed by atoms with Crippen LogP contribution in [0, 0.1) is 13.8 Å². The van der Waals surface area contributed by atoms with Crippen molar-refractivity contribution in [2.45, 2.75) is 13.8 Å². The molecule has 0 saturated heterocycles. The molecule has 0 atom stereocenters. The van der Waals surface area contributed by atoms with Crippen molar-refractivity contribution in [1.82, 2.24) is 24.7 Å². The molecule has 0 radical (unpaired) electrons. The van der Waals surface area contributed by atoms with Crippen LogP contribution in [0.3, 0.4) is 0 Å². The van der Waals surface area contributed by atoms with E-state index >= 15 is 0 Å². The highest BCUT2D eigenvalue weighted by molar-refractivity contribution is 5.74. The van der Waals surface area contributed by atoms with Crippen molar-refractivity contribution in [2.24, 2.45) is 0 Å². The molecule has 8 nitrogen and oxygen atoms in total. The standard InChI is InChI=1S/C17H15N5O3/c1-9-7-10(2)22-16(19-9)12(8-18-22)15-20-17(25-21-15)11-5-4-6-13(24-3)14(11)23/h4-8,23H,1-3H3. The number of hydrogen-bond donors (Lipinski definition) is 1. The lowest BCUT2D eigenvalue weighted by molar-refractivity contribution is 0.371. The van der Waals surface area contributed by atoms with E-state index in [0.717, 1.165) is 11.4 Å². The first-order chi connectivity index (χ1) is 12.1. The molecule has 1 N–H and O–H groups in total. The van der Waals surface area contributed by atoms with Gasteiger partial charge in [0.1, 0.15) is 0 Å². The number of phenols is 1. The maximum atomic E-state index is 10.2. The van der Waals surface area contributed by atoms with E-state index in [1.807, 2.05) is 19.9 Å². The molecule has 3 aromatic heterocycles. The number of para-hydroxylation sites is 1. The Hall–Kier alpha value is -3.42. The number of ether oxygens (including phenoxy) is 1. The Morgan fingerprint density at radius 1 is 1.16 bits per heavy atom. The summed E-state index contributed by atoms with van der Waals surface area (Å²) in [6.07, 6.45) is 1.65. The first kappa shape index (κ1) is 15.1. The molecular formula is C17H15N5O3. The van der Waals surface area contributed by atoms with E-state index in [9.17, 15) is 5.11 Å². The molecule has 0 bridgehead atoms. The summed E-state index contributed by atoms with van der Waals surface area (Å²) in [4.78, 5) is 8.89. The number of rotatable bonds is 3. The topological polar surface area (TPSA) is 98.6 Å². The zero-order chi connectivity index (χ0) is 17.6. The zero-order valence-corrected chi connectivity index (χ0v) is 13.9. The molecule has 25 heavy (non-hydrogen) atoms. The minimum absolute atomic E-state index is 0.0510. The monoisotopic (exact) mass is 337 g/mol. The highest BCUT2D eigenvalue weighted by Gasteiger charge is 2.19. The van der Waals surface area contributed by atoms with Crippen molar-refractivity contribution >= 4 is 5.65 Å². The number of phenolic OH excluding ortho intramolecular Hbond substituents is 1. The third-order valence-corrected chi connectivity index (χ3v) is 3.89. The molecule has 1 aromatic carbocycles. The van der Waals surface area contributed by atoms with Gasteiger partial charge in [-0.15, -0.1) is 0 Å². The van der Waals surface area contributed by atoms with Crippen LogP contribution in [0.2, 0.25) is 0 Å². The second-order valence-corrected chi connectivity index (χ2v) is 5.61. The van der Waals surface area contributed by atoms with E-state index in [1.165, 1.54) is 7.11 Å². The molecule has 0 unspecified atom stereocenters. The van der Waals surface area contributed by atoms with Gasteiger partial charge in [0.25, 0.3) is 5.89 Å². The van der Waals surface area contributed by atoms with E-state index in [2.05, 4.69) is 20.2 Å². The second-order valence-electron chi connectivity index (χ2n) is 5.61. The van der Waals surface area contributed by atoms with Gasteiger partial charge in [-0.2, -0.15) is 10.1 Å². The fraction of sp³-hybridized carbons (Fsp3) is 0.176. The number of aromatic nitrogens is 5. The molecule has 4 rings (SSSR count). The molecule has 4 aromatic rings. The van der Waals surface area contributed by atoms with Gasteiger partial charge in [0.15, 0.2) is 17.1 Å². The molecule has 0 aliphatic carbocycles. The number of fused-ring (bicyclic) bond motifs is 1. The minimum atomic E-state index is -0.0510. The average Bonchev–Trinajstić information content (AvgIpc) is 3.21. The van der Waals surface area contributed by atoms with E-state index in [4.69, 9.17) is 9.26 Å². The fourth-order valence-electron chi connectivity index (χ4n) is 2.73. The predicted octanol–water partition coefficient (Wildman–Crippen LogP) is 2.78. The number of methoxy groups -OCH3 is 1. The zero-order valence-electron chi connectivity index (χ0n) is 13.9. The number of aryl methyl sites for hydroxylation is 2. The fourth-order valence-corrected chi connectivity index (χ4v) is 2.73. The molecule has 0 aliphatic heterocycles. The lowest BCUT2D eigenvalue weighted by Crippen LogP contribution is -1.97. The summed E-state index contributed by atoms with van der Waals surface area (Å²) in [5.41, 5.74) is 3.54. The molecule has 0 fully saturated rings. The molecule has 126 valence electrons. The molecule has 0 spiro atoms. The van der Waals surface area contributed by atoms with Gasteiger partial charge in [-0.1, -0.05) is 11.2 Å². The van der Waals surface area contributed by atoms with Crippen molar-refractivity contribution in [3.8, 4) is 34.3 Å². The van der Waals surface area contributed by atoms with Gasteiger partial charge < -0.3 is 14.4 Å². The van der Waals surface area contributed by atoms with E-state index in [1.54, 1.807) is 28.9 Å². The highest BCUT2D eigenvalue weighted by atomic mass is 16.5. The van der Waals surface area contributed by atoms with Crippen LogP contribution in [0.5, 0.6) is 11.5 Å². The van der Waals surface area contributed by atoms with Crippen molar-refractivity contribution < 1.29 is 14.4 Å².